The highest BCUT2D eigenvalue weighted by molar-refractivity contribution is 7.85. The van der Waals surface area contributed by atoms with Gasteiger partial charge in [-0.1, -0.05) is 30.3 Å². The van der Waals surface area contributed by atoms with Gasteiger partial charge in [0.05, 0.1) is 23.0 Å². The number of methoxy groups -OCH3 is 1. The van der Waals surface area contributed by atoms with Crippen LogP contribution >= 0.6 is 0 Å². The molecule has 24 heavy (non-hydrogen) atoms. The molecule has 0 aliphatic carbocycles. The van der Waals surface area contributed by atoms with Crippen molar-refractivity contribution in [1.82, 2.24) is 5.32 Å². The summed E-state index contributed by atoms with van der Waals surface area (Å²) in [6.07, 6.45) is 0. The molecule has 0 radical (unpaired) electrons. The maximum Gasteiger partial charge on any atom is 0.255 e. The fourth-order valence-electron chi connectivity index (χ4n) is 2.06. The van der Waals surface area contributed by atoms with Crippen LogP contribution in [0.15, 0.2) is 59.5 Å². The van der Waals surface area contributed by atoms with E-state index in [-0.39, 0.29) is 5.91 Å². The number of para-hydroxylation sites is 1. The van der Waals surface area contributed by atoms with Crippen LogP contribution < -0.4 is 10.1 Å². The Bertz CT molecular complexity index is 676. The summed E-state index contributed by atoms with van der Waals surface area (Å²) in [4.78, 5) is 13.1. The molecule has 0 heterocycles. The van der Waals surface area contributed by atoms with Crippen LogP contribution in [0, 0.1) is 0 Å². The summed E-state index contributed by atoms with van der Waals surface area (Å²) < 4.78 is 22.6. The average Bonchev–Trinajstić information content (AvgIpc) is 2.63. The Balaban J connectivity index is 1.87. The molecule has 0 saturated carbocycles. The molecule has 1 N–H and O–H groups in total. The van der Waals surface area contributed by atoms with E-state index in [1.807, 2.05) is 36.4 Å². The van der Waals surface area contributed by atoms with Crippen molar-refractivity contribution < 1.29 is 18.5 Å². The second kappa shape index (κ2) is 9.85. The number of hydrogen-bond acceptors (Lipinski definition) is 4. The maximum absolute atomic E-state index is 12.3. The van der Waals surface area contributed by atoms with E-state index < -0.39 is 10.8 Å². The molecule has 6 heteroatoms. The lowest BCUT2D eigenvalue weighted by Crippen LogP contribution is -2.28. The van der Waals surface area contributed by atoms with E-state index in [4.69, 9.17) is 9.47 Å². The van der Waals surface area contributed by atoms with Crippen LogP contribution in [0.2, 0.25) is 0 Å². The highest BCUT2D eigenvalue weighted by Gasteiger charge is 2.12. The van der Waals surface area contributed by atoms with E-state index in [1.165, 1.54) is 0 Å². The zero-order valence-corrected chi connectivity index (χ0v) is 14.4. The number of rotatable bonds is 9. The molecule has 2 aromatic carbocycles. The second-order valence-electron chi connectivity index (χ2n) is 4.96. The second-order valence-corrected chi connectivity index (χ2v) is 6.53. The minimum atomic E-state index is -1.13. The van der Waals surface area contributed by atoms with Crippen LogP contribution in [-0.2, 0) is 15.5 Å². The van der Waals surface area contributed by atoms with E-state index in [9.17, 15) is 9.00 Å². The predicted molar refractivity (Wildman–Crippen MR) is 93.9 cm³/mol. The van der Waals surface area contributed by atoms with Gasteiger partial charge in [-0.2, -0.15) is 0 Å². The Morgan fingerprint density at radius 1 is 1.04 bits per heavy atom. The van der Waals surface area contributed by atoms with E-state index in [0.29, 0.717) is 36.8 Å². The molecule has 0 aliphatic heterocycles. The zero-order valence-electron chi connectivity index (χ0n) is 13.6. The molecule has 0 aromatic heterocycles. The Morgan fingerprint density at radius 2 is 1.75 bits per heavy atom. The number of carbonyl (C=O) groups is 1. The molecule has 1 atom stereocenters. The Kier molecular flexibility index (Phi) is 7.45. The maximum atomic E-state index is 12.3. The van der Waals surface area contributed by atoms with Crippen LogP contribution in [0.1, 0.15) is 10.4 Å². The Hall–Kier alpha value is -2.18. The average molecular weight is 347 g/mol. The molecule has 2 aromatic rings. The van der Waals surface area contributed by atoms with Gasteiger partial charge in [-0.15, -0.1) is 0 Å². The monoisotopic (exact) mass is 347 g/mol. The van der Waals surface area contributed by atoms with Crippen LogP contribution in [0.5, 0.6) is 5.75 Å². The van der Waals surface area contributed by atoms with E-state index in [1.54, 1.807) is 25.3 Å². The number of ether oxygens (including phenoxy) is 2. The van der Waals surface area contributed by atoms with Gasteiger partial charge in [-0.3, -0.25) is 9.00 Å². The van der Waals surface area contributed by atoms with E-state index >= 15 is 0 Å². The van der Waals surface area contributed by atoms with Crippen molar-refractivity contribution in [2.45, 2.75) is 4.90 Å². The third kappa shape index (κ3) is 5.47. The zero-order chi connectivity index (χ0) is 17.2. The SMILES string of the molecule is COCCOc1ccccc1C(=O)NCC[S@](=O)c1ccccc1. The first kappa shape index (κ1) is 18.2. The molecule has 0 aliphatic rings. The normalized spacial score (nSPS) is 11.7. The van der Waals surface area contributed by atoms with Gasteiger partial charge < -0.3 is 14.8 Å². The molecule has 0 spiro atoms. The Labute approximate surface area is 144 Å². The lowest BCUT2D eigenvalue weighted by atomic mass is 10.2. The first-order valence-electron chi connectivity index (χ1n) is 7.64. The molecular weight excluding hydrogens is 326 g/mol. The molecule has 0 saturated heterocycles. The fraction of sp³-hybridized carbons (Fsp3) is 0.278. The summed E-state index contributed by atoms with van der Waals surface area (Å²) in [5.41, 5.74) is 0.457. The van der Waals surface area contributed by atoms with Crippen LogP contribution in [0.4, 0.5) is 0 Å². The third-order valence-corrected chi connectivity index (χ3v) is 4.63. The fourth-order valence-corrected chi connectivity index (χ4v) is 3.04. The standard InChI is InChI=1S/C18H21NO4S/c1-22-12-13-23-17-10-6-5-9-16(17)18(20)19-11-14-24(21)15-7-3-2-4-8-15/h2-10H,11-14H2,1H3,(H,19,20)/t24-/m0/s1. The van der Waals surface area contributed by atoms with Crippen molar-refractivity contribution in [2.24, 2.45) is 0 Å². The summed E-state index contributed by atoms with van der Waals surface area (Å²) in [6, 6.07) is 16.2. The topological polar surface area (TPSA) is 64.6 Å². The summed E-state index contributed by atoms with van der Waals surface area (Å²) >= 11 is 0. The first-order valence-corrected chi connectivity index (χ1v) is 8.96. The van der Waals surface area contributed by atoms with Gasteiger partial charge in [0.1, 0.15) is 12.4 Å². The first-order chi connectivity index (χ1) is 11.7. The smallest absolute Gasteiger partial charge is 0.255 e. The molecule has 0 bridgehead atoms. The summed E-state index contributed by atoms with van der Waals surface area (Å²) in [6.45, 7) is 1.15. The lowest BCUT2D eigenvalue weighted by Gasteiger charge is -2.11. The molecule has 128 valence electrons. The quantitative estimate of drug-likeness (QED) is 0.707. The number of amides is 1. The van der Waals surface area contributed by atoms with Crippen LogP contribution in [0.25, 0.3) is 0 Å². The van der Waals surface area contributed by atoms with Crippen LogP contribution in [-0.4, -0.2) is 42.7 Å². The van der Waals surface area contributed by atoms with Crippen molar-refractivity contribution in [1.29, 1.82) is 0 Å². The van der Waals surface area contributed by atoms with Gasteiger partial charge in [-0.05, 0) is 24.3 Å². The largest absolute Gasteiger partial charge is 0.490 e. The molecule has 2 rings (SSSR count). The van der Waals surface area contributed by atoms with Gasteiger partial charge in [0.15, 0.2) is 0 Å². The van der Waals surface area contributed by atoms with Crippen molar-refractivity contribution in [3.63, 3.8) is 0 Å². The van der Waals surface area contributed by atoms with Crippen molar-refractivity contribution in [3.05, 3.63) is 60.2 Å². The Morgan fingerprint density at radius 3 is 2.50 bits per heavy atom. The van der Waals surface area contributed by atoms with Crippen molar-refractivity contribution in [3.8, 4) is 5.75 Å². The predicted octanol–water partition coefficient (Wildman–Crippen LogP) is 2.25. The van der Waals surface area contributed by atoms with E-state index in [0.717, 1.165) is 4.90 Å². The van der Waals surface area contributed by atoms with Gasteiger partial charge in [0.25, 0.3) is 5.91 Å². The molecule has 0 fully saturated rings. The third-order valence-electron chi connectivity index (χ3n) is 3.26. The number of nitrogens with one attached hydrogen (secondary N) is 1. The number of carbonyl (C=O) groups excluding carboxylic acids is 1. The van der Waals surface area contributed by atoms with Gasteiger partial charge >= 0.3 is 0 Å². The minimum absolute atomic E-state index is 0.243. The van der Waals surface area contributed by atoms with Gasteiger partial charge in [0.2, 0.25) is 0 Å². The molecule has 0 unspecified atom stereocenters. The number of benzene rings is 2. The van der Waals surface area contributed by atoms with Crippen molar-refractivity contribution >= 4 is 16.7 Å². The summed E-state index contributed by atoms with van der Waals surface area (Å²) in [5, 5.41) is 2.79. The highest BCUT2D eigenvalue weighted by Crippen LogP contribution is 2.17. The van der Waals surface area contributed by atoms with Gasteiger partial charge in [0, 0.05) is 24.3 Å². The van der Waals surface area contributed by atoms with E-state index in [2.05, 4.69) is 5.32 Å². The lowest BCUT2D eigenvalue weighted by molar-refractivity contribution is 0.0948. The molecule has 5 nitrogen and oxygen atoms in total. The van der Waals surface area contributed by atoms with Crippen molar-refractivity contribution in [2.75, 3.05) is 32.6 Å². The molecule has 1 amide bonds. The minimum Gasteiger partial charge on any atom is -0.490 e. The number of hydrogen-bond donors (Lipinski definition) is 1. The van der Waals surface area contributed by atoms with Crippen LogP contribution in [0.3, 0.4) is 0 Å². The van der Waals surface area contributed by atoms with Gasteiger partial charge in [-0.25, -0.2) is 0 Å². The summed E-state index contributed by atoms with van der Waals surface area (Å²) in [5.74, 6) is 0.631. The molecular formula is C18H21NO4S. The highest BCUT2D eigenvalue weighted by atomic mass is 32.2. The summed E-state index contributed by atoms with van der Waals surface area (Å²) in [7, 11) is 0.462.